The molecule has 0 radical (unpaired) electrons. The van der Waals surface area contributed by atoms with Gasteiger partial charge < -0.3 is 10.1 Å². The van der Waals surface area contributed by atoms with Crippen molar-refractivity contribution >= 4 is 5.91 Å². The van der Waals surface area contributed by atoms with Gasteiger partial charge in [0.1, 0.15) is 0 Å². The Morgan fingerprint density at radius 2 is 2.00 bits per heavy atom. The van der Waals surface area contributed by atoms with E-state index in [9.17, 15) is 10.0 Å². The van der Waals surface area contributed by atoms with Crippen molar-refractivity contribution in [2.24, 2.45) is 0 Å². The van der Waals surface area contributed by atoms with Crippen LogP contribution in [-0.2, 0) is 13.0 Å². The summed E-state index contributed by atoms with van der Waals surface area (Å²) in [6.45, 7) is 1.27. The van der Waals surface area contributed by atoms with Crippen LogP contribution in [0.2, 0.25) is 0 Å². The Balaban J connectivity index is 1.84. The maximum atomic E-state index is 12.3. The molecule has 0 unspecified atom stereocenters. The molecular weight excluding hydrogens is 240 g/mol. The summed E-state index contributed by atoms with van der Waals surface area (Å²) in [5.74, 6) is 0.00528. The molecule has 1 amide bonds. The molecule has 0 N–H and O–H groups in total. The zero-order valence-corrected chi connectivity index (χ0v) is 10.5. The topological polar surface area (TPSA) is 47.2 Å². The Kier molecular flexibility index (Phi) is 2.91. The smallest absolute Gasteiger partial charge is 0.254 e. The van der Waals surface area contributed by atoms with Crippen LogP contribution >= 0.6 is 0 Å². The molecule has 0 spiro atoms. The molecule has 0 saturated carbocycles. The summed E-state index contributed by atoms with van der Waals surface area (Å²) < 4.78 is 0.749. The van der Waals surface area contributed by atoms with E-state index in [-0.39, 0.29) is 5.91 Å². The largest absolute Gasteiger partial charge is 0.619 e. The average Bonchev–Trinajstić information content (AvgIpc) is 2.43. The maximum Gasteiger partial charge on any atom is 0.254 e. The standard InChI is InChI=1S/C15H14N2O2/c18-15-14-7-9-17(19)11-13(14)6-8-16(15)10-12-4-2-1-3-5-12/h1-5,7,9,11H,6,8,10H2. The van der Waals surface area contributed by atoms with Crippen LogP contribution in [0.5, 0.6) is 0 Å². The molecule has 2 heterocycles. The molecule has 96 valence electrons. The minimum absolute atomic E-state index is 0.00528. The van der Waals surface area contributed by atoms with Crippen LogP contribution in [0.1, 0.15) is 21.5 Å². The van der Waals surface area contributed by atoms with E-state index in [0.717, 1.165) is 22.3 Å². The van der Waals surface area contributed by atoms with Gasteiger partial charge in [0.2, 0.25) is 0 Å². The van der Waals surface area contributed by atoms with Gasteiger partial charge in [-0.1, -0.05) is 30.3 Å². The van der Waals surface area contributed by atoms with Crippen LogP contribution in [0.25, 0.3) is 0 Å². The number of nitrogens with zero attached hydrogens (tertiary/aromatic N) is 2. The molecule has 1 aromatic heterocycles. The lowest BCUT2D eigenvalue weighted by atomic mass is 10.0. The summed E-state index contributed by atoms with van der Waals surface area (Å²) in [6, 6.07) is 11.5. The first-order valence-electron chi connectivity index (χ1n) is 6.29. The van der Waals surface area contributed by atoms with E-state index in [1.54, 1.807) is 6.07 Å². The number of fused-ring (bicyclic) bond motifs is 1. The number of carbonyl (C=O) groups is 1. The Morgan fingerprint density at radius 1 is 1.21 bits per heavy atom. The second-order valence-electron chi connectivity index (χ2n) is 4.71. The highest BCUT2D eigenvalue weighted by Gasteiger charge is 2.25. The minimum Gasteiger partial charge on any atom is -0.619 e. The van der Waals surface area contributed by atoms with E-state index in [4.69, 9.17) is 0 Å². The molecule has 1 aliphatic rings. The van der Waals surface area contributed by atoms with E-state index >= 15 is 0 Å². The van der Waals surface area contributed by atoms with Crippen molar-refractivity contribution in [3.05, 3.63) is 70.7 Å². The lowest BCUT2D eigenvalue weighted by Gasteiger charge is -2.27. The van der Waals surface area contributed by atoms with Crippen LogP contribution in [0.4, 0.5) is 0 Å². The number of aromatic nitrogens is 1. The van der Waals surface area contributed by atoms with Crippen LogP contribution in [0, 0.1) is 5.21 Å². The van der Waals surface area contributed by atoms with Gasteiger partial charge in [0.15, 0.2) is 12.4 Å². The fourth-order valence-electron chi connectivity index (χ4n) is 2.41. The van der Waals surface area contributed by atoms with Crippen molar-refractivity contribution in [2.75, 3.05) is 6.54 Å². The van der Waals surface area contributed by atoms with Crippen molar-refractivity contribution in [3.8, 4) is 0 Å². The molecule has 3 rings (SSSR count). The number of amides is 1. The summed E-state index contributed by atoms with van der Waals surface area (Å²) in [6.07, 6.45) is 3.60. The molecule has 2 aromatic rings. The van der Waals surface area contributed by atoms with Gasteiger partial charge in [0.25, 0.3) is 5.91 Å². The summed E-state index contributed by atoms with van der Waals surface area (Å²) in [4.78, 5) is 14.2. The number of hydrogen-bond donors (Lipinski definition) is 0. The Bertz CT molecular complexity index is 611. The lowest BCUT2D eigenvalue weighted by Crippen LogP contribution is -2.39. The third kappa shape index (κ3) is 2.29. The number of carbonyl (C=O) groups excluding carboxylic acids is 1. The lowest BCUT2D eigenvalue weighted by molar-refractivity contribution is -0.605. The molecule has 0 fully saturated rings. The molecule has 1 aromatic carbocycles. The third-order valence-electron chi connectivity index (χ3n) is 3.40. The van der Waals surface area contributed by atoms with Crippen LogP contribution in [0.15, 0.2) is 48.8 Å². The molecule has 0 aliphatic carbocycles. The second kappa shape index (κ2) is 4.72. The summed E-state index contributed by atoms with van der Waals surface area (Å²) in [5, 5.41) is 11.2. The van der Waals surface area contributed by atoms with Gasteiger partial charge in [0.05, 0.1) is 5.56 Å². The monoisotopic (exact) mass is 254 g/mol. The Hall–Kier alpha value is -2.36. The van der Waals surface area contributed by atoms with Gasteiger partial charge in [-0.15, -0.1) is 0 Å². The summed E-state index contributed by atoms with van der Waals surface area (Å²) >= 11 is 0. The van der Waals surface area contributed by atoms with Crippen molar-refractivity contribution in [2.45, 2.75) is 13.0 Å². The summed E-state index contributed by atoms with van der Waals surface area (Å²) in [5.41, 5.74) is 2.61. The molecule has 0 bridgehead atoms. The van der Waals surface area contributed by atoms with Gasteiger partial charge >= 0.3 is 0 Å². The predicted molar refractivity (Wildman–Crippen MR) is 70.3 cm³/mol. The molecular formula is C15H14N2O2. The zero-order valence-electron chi connectivity index (χ0n) is 10.5. The first-order chi connectivity index (χ1) is 9.24. The first-order valence-corrected chi connectivity index (χ1v) is 6.29. The highest BCUT2D eigenvalue weighted by atomic mass is 16.5. The average molecular weight is 254 g/mol. The van der Waals surface area contributed by atoms with E-state index in [1.165, 1.54) is 12.4 Å². The third-order valence-corrected chi connectivity index (χ3v) is 3.40. The van der Waals surface area contributed by atoms with E-state index < -0.39 is 0 Å². The van der Waals surface area contributed by atoms with Gasteiger partial charge in [-0.2, -0.15) is 4.73 Å². The predicted octanol–water partition coefficient (Wildman–Crippen LogP) is 1.52. The molecule has 4 heteroatoms. The number of benzene rings is 1. The highest BCUT2D eigenvalue weighted by Crippen LogP contribution is 2.19. The quantitative estimate of drug-likeness (QED) is 0.602. The molecule has 0 saturated heterocycles. The molecule has 0 atom stereocenters. The van der Waals surface area contributed by atoms with Crippen molar-refractivity contribution < 1.29 is 9.52 Å². The van der Waals surface area contributed by atoms with E-state index in [1.807, 2.05) is 35.2 Å². The first kappa shape index (κ1) is 11.7. The van der Waals surface area contributed by atoms with Gasteiger partial charge in [-0.25, -0.2) is 0 Å². The van der Waals surface area contributed by atoms with Crippen LogP contribution < -0.4 is 4.73 Å². The highest BCUT2D eigenvalue weighted by molar-refractivity contribution is 5.96. The van der Waals surface area contributed by atoms with Gasteiger partial charge in [-0.05, 0) is 12.0 Å². The van der Waals surface area contributed by atoms with Gasteiger partial charge in [-0.3, -0.25) is 4.79 Å². The number of hydrogen-bond acceptors (Lipinski definition) is 2. The molecule has 1 aliphatic heterocycles. The zero-order chi connectivity index (χ0) is 13.2. The van der Waals surface area contributed by atoms with Crippen LogP contribution in [0.3, 0.4) is 0 Å². The fraction of sp³-hybridized carbons (Fsp3) is 0.200. The van der Waals surface area contributed by atoms with Crippen LogP contribution in [-0.4, -0.2) is 17.4 Å². The van der Waals surface area contributed by atoms with Crippen molar-refractivity contribution in [1.29, 1.82) is 0 Å². The molecule has 19 heavy (non-hydrogen) atoms. The van der Waals surface area contributed by atoms with E-state index in [0.29, 0.717) is 18.7 Å². The van der Waals surface area contributed by atoms with Gasteiger partial charge in [0, 0.05) is 24.7 Å². The normalized spacial score (nSPS) is 14.3. The summed E-state index contributed by atoms with van der Waals surface area (Å²) in [7, 11) is 0. The van der Waals surface area contributed by atoms with Crippen molar-refractivity contribution in [1.82, 2.24) is 4.90 Å². The Morgan fingerprint density at radius 3 is 2.79 bits per heavy atom. The fourth-order valence-corrected chi connectivity index (χ4v) is 2.41. The maximum absolute atomic E-state index is 12.3. The second-order valence-corrected chi connectivity index (χ2v) is 4.71. The number of pyridine rings is 1. The SMILES string of the molecule is O=C1c2cc[n+]([O-])cc2CCN1Cc1ccccc1. The van der Waals surface area contributed by atoms with Crippen molar-refractivity contribution in [3.63, 3.8) is 0 Å². The number of rotatable bonds is 2. The molecule has 4 nitrogen and oxygen atoms in total. The van der Waals surface area contributed by atoms with E-state index in [2.05, 4.69) is 0 Å². The Labute approximate surface area is 111 Å². The minimum atomic E-state index is 0.00528.